The number of hydrogen-bond donors (Lipinski definition) is 0. The Morgan fingerprint density at radius 2 is 1.96 bits per heavy atom. The molecule has 0 amide bonds. The van der Waals surface area contributed by atoms with Gasteiger partial charge in [-0.1, -0.05) is 12.1 Å². The highest BCUT2D eigenvalue weighted by Gasteiger charge is 2.45. The van der Waals surface area contributed by atoms with E-state index in [1.165, 1.54) is 31.5 Å². The molecule has 3 atom stereocenters. The summed E-state index contributed by atoms with van der Waals surface area (Å²) in [7, 11) is 0. The number of hydrogen-bond acceptors (Lipinski definition) is 6. The first-order valence-corrected chi connectivity index (χ1v) is 10.1. The number of halogens is 1. The first-order chi connectivity index (χ1) is 12.7. The van der Waals surface area contributed by atoms with Crippen LogP contribution in [-0.4, -0.2) is 46.0 Å². The minimum absolute atomic E-state index is 0.0236. The van der Waals surface area contributed by atoms with Crippen molar-refractivity contribution in [2.24, 2.45) is 5.92 Å². The van der Waals surface area contributed by atoms with Crippen LogP contribution in [0.2, 0.25) is 0 Å². The number of nitrogens with zero attached hydrogens (tertiary/aromatic N) is 3. The van der Waals surface area contributed by atoms with Gasteiger partial charge in [0.15, 0.2) is 0 Å². The molecule has 5 rings (SSSR count). The van der Waals surface area contributed by atoms with Crippen LogP contribution >= 0.6 is 11.7 Å². The third kappa shape index (κ3) is 3.07. The van der Waals surface area contributed by atoms with Crippen molar-refractivity contribution in [1.29, 1.82) is 0 Å². The van der Waals surface area contributed by atoms with E-state index >= 15 is 0 Å². The van der Waals surface area contributed by atoms with Crippen LogP contribution in [0.15, 0.2) is 24.3 Å². The van der Waals surface area contributed by atoms with Gasteiger partial charge in [-0.25, -0.2) is 4.39 Å². The summed E-state index contributed by atoms with van der Waals surface area (Å²) in [6.07, 6.45) is 4.76. The summed E-state index contributed by atoms with van der Waals surface area (Å²) in [5.74, 6) is 1.41. The zero-order valence-corrected chi connectivity index (χ0v) is 15.4. The molecule has 1 aromatic carbocycles. The summed E-state index contributed by atoms with van der Waals surface area (Å²) < 4.78 is 34.0. The van der Waals surface area contributed by atoms with Crippen LogP contribution in [0.5, 0.6) is 11.8 Å². The highest BCUT2D eigenvalue weighted by Crippen LogP contribution is 2.48. The number of rotatable bonds is 6. The van der Waals surface area contributed by atoms with Gasteiger partial charge < -0.3 is 9.47 Å². The zero-order chi connectivity index (χ0) is 17.6. The SMILES string of the molecule is Fc1ccc(C2(COc3nsnc3OC3CN4CCCC3C4)CC2)cc1. The van der Waals surface area contributed by atoms with E-state index in [-0.39, 0.29) is 17.3 Å². The summed E-state index contributed by atoms with van der Waals surface area (Å²) in [6.45, 7) is 3.81. The number of fused-ring (bicyclic) bond motifs is 2. The molecule has 2 saturated heterocycles. The topological polar surface area (TPSA) is 47.5 Å². The average molecular weight is 375 g/mol. The quantitative estimate of drug-likeness (QED) is 0.776. The van der Waals surface area contributed by atoms with E-state index in [1.54, 1.807) is 0 Å². The Bertz CT molecular complexity index is 777. The summed E-state index contributed by atoms with van der Waals surface area (Å²) in [5, 5.41) is 0. The monoisotopic (exact) mass is 375 g/mol. The smallest absolute Gasteiger partial charge is 0.291 e. The molecular weight excluding hydrogens is 353 g/mol. The van der Waals surface area contributed by atoms with Crippen LogP contribution in [0.3, 0.4) is 0 Å². The molecule has 0 N–H and O–H groups in total. The highest BCUT2D eigenvalue weighted by molar-refractivity contribution is 6.99. The van der Waals surface area contributed by atoms with Gasteiger partial charge in [0.05, 0.1) is 18.3 Å². The second-order valence-electron chi connectivity index (χ2n) is 7.77. The number of piperidine rings is 1. The minimum Gasteiger partial charge on any atom is -0.472 e. The minimum atomic E-state index is -0.206. The van der Waals surface area contributed by atoms with E-state index in [0.29, 0.717) is 24.3 Å². The summed E-state index contributed by atoms with van der Waals surface area (Å²) in [4.78, 5) is 2.47. The third-order valence-corrected chi connectivity index (χ3v) is 6.49. The van der Waals surface area contributed by atoms with E-state index in [9.17, 15) is 4.39 Å². The molecule has 138 valence electrons. The van der Waals surface area contributed by atoms with Gasteiger partial charge in [0.1, 0.15) is 11.9 Å². The molecule has 0 spiro atoms. The Morgan fingerprint density at radius 3 is 2.73 bits per heavy atom. The van der Waals surface area contributed by atoms with Crippen molar-refractivity contribution in [2.75, 3.05) is 26.2 Å². The molecule has 3 fully saturated rings. The molecule has 1 saturated carbocycles. The average Bonchev–Trinajstić information content (AvgIpc) is 3.23. The molecule has 5 nitrogen and oxygen atoms in total. The van der Waals surface area contributed by atoms with Gasteiger partial charge >= 0.3 is 0 Å². The fourth-order valence-corrected chi connectivity index (χ4v) is 4.69. The van der Waals surface area contributed by atoms with Crippen LogP contribution in [0.25, 0.3) is 0 Å². The summed E-state index contributed by atoms with van der Waals surface area (Å²) >= 11 is 1.13. The Balaban J connectivity index is 1.25. The van der Waals surface area contributed by atoms with Crippen LogP contribution < -0.4 is 9.47 Å². The third-order valence-electron chi connectivity index (χ3n) is 5.99. The molecule has 7 heteroatoms. The van der Waals surface area contributed by atoms with Crippen molar-refractivity contribution in [3.05, 3.63) is 35.6 Å². The molecule has 3 unspecified atom stereocenters. The van der Waals surface area contributed by atoms with Crippen LogP contribution in [0.1, 0.15) is 31.2 Å². The normalized spacial score (nSPS) is 28.7. The number of aromatic nitrogens is 2. The van der Waals surface area contributed by atoms with Gasteiger partial charge in [0, 0.05) is 24.4 Å². The van der Waals surface area contributed by atoms with E-state index < -0.39 is 0 Å². The lowest BCUT2D eigenvalue weighted by atomic mass is 9.97. The Hall–Kier alpha value is -1.73. The van der Waals surface area contributed by atoms with E-state index in [2.05, 4.69) is 13.6 Å². The van der Waals surface area contributed by atoms with Gasteiger partial charge in [-0.3, -0.25) is 4.90 Å². The van der Waals surface area contributed by atoms with Crippen molar-refractivity contribution >= 4 is 11.7 Å². The van der Waals surface area contributed by atoms with Crippen LogP contribution in [-0.2, 0) is 5.41 Å². The van der Waals surface area contributed by atoms with Crippen molar-refractivity contribution in [1.82, 2.24) is 13.6 Å². The molecule has 2 aromatic rings. The zero-order valence-electron chi connectivity index (χ0n) is 14.6. The Labute approximate surface area is 156 Å². The Morgan fingerprint density at radius 1 is 1.15 bits per heavy atom. The maximum absolute atomic E-state index is 13.2. The van der Waals surface area contributed by atoms with Gasteiger partial charge in [0.25, 0.3) is 11.8 Å². The second-order valence-corrected chi connectivity index (χ2v) is 8.30. The predicted molar refractivity (Wildman–Crippen MR) is 96.3 cm³/mol. The molecule has 3 heterocycles. The van der Waals surface area contributed by atoms with E-state index in [0.717, 1.165) is 43.2 Å². The molecule has 0 radical (unpaired) electrons. The lowest BCUT2D eigenvalue weighted by Crippen LogP contribution is -2.26. The molecule has 1 aromatic heterocycles. The Kier molecular flexibility index (Phi) is 4.09. The standard InChI is InChI=1S/C19H22FN3O2S/c20-15-5-3-14(4-6-15)19(7-8-19)12-24-17-18(22-26-21-17)25-16-11-23-9-1-2-13(16)10-23/h3-6,13,16H,1-2,7-12H2. The van der Waals surface area contributed by atoms with Gasteiger partial charge in [0.2, 0.25) is 0 Å². The molecular formula is C19H22FN3O2S. The number of benzene rings is 1. The second kappa shape index (κ2) is 6.46. The van der Waals surface area contributed by atoms with Crippen LogP contribution in [0.4, 0.5) is 4.39 Å². The van der Waals surface area contributed by atoms with Gasteiger partial charge in [-0.2, -0.15) is 0 Å². The van der Waals surface area contributed by atoms with Gasteiger partial charge in [-0.15, -0.1) is 8.75 Å². The lowest BCUT2D eigenvalue weighted by molar-refractivity contribution is 0.152. The van der Waals surface area contributed by atoms with Crippen molar-refractivity contribution in [2.45, 2.75) is 37.2 Å². The predicted octanol–water partition coefficient (Wildman–Crippen LogP) is 3.26. The fourth-order valence-electron chi connectivity index (χ4n) is 4.25. The van der Waals surface area contributed by atoms with E-state index in [4.69, 9.17) is 9.47 Å². The highest BCUT2D eigenvalue weighted by atomic mass is 32.1. The fraction of sp³-hybridized carbons (Fsp3) is 0.579. The lowest BCUT2D eigenvalue weighted by Gasteiger charge is -2.21. The summed E-state index contributed by atoms with van der Waals surface area (Å²) in [5.41, 5.74) is 1.10. The van der Waals surface area contributed by atoms with Crippen molar-refractivity contribution in [3.63, 3.8) is 0 Å². The first kappa shape index (κ1) is 16.4. The molecule has 2 bridgehead atoms. The number of ether oxygens (including phenoxy) is 2. The maximum atomic E-state index is 13.2. The van der Waals surface area contributed by atoms with E-state index in [1.807, 2.05) is 12.1 Å². The molecule has 1 aliphatic carbocycles. The maximum Gasteiger partial charge on any atom is 0.291 e. The molecule has 2 aliphatic heterocycles. The summed E-state index contributed by atoms with van der Waals surface area (Å²) in [6, 6.07) is 6.74. The first-order valence-electron chi connectivity index (χ1n) is 9.32. The van der Waals surface area contributed by atoms with Crippen LogP contribution in [0, 0.1) is 11.7 Å². The largest absolute Gasteiger partial charge is 0.472 e. The van der Waals surface area contributed by atoms with Gasteiger partial charge in [-0.05, 0) is 49.9 Å². The molecule has 26 heavy (non-hydrogen) atoms. The van der Waals surface area contributed by atoms with Crippen molar-refractivity contribution in [3.8, 4) is 11.8 Å². The van der Waals surface area contributed by atoms with Crippen molar-refractivity contribution < 1.29 is 13.9 Å². The molecule has 3 aliphatic rings.